The van der Waals surface area contributed by atoms with Gasteiger partial charge in [0.1, 0.15) is 13.2 Å². The second kappa shape index (κ2) is 6.80. The first-order valence-electron chi connectivity index (χ1n) is 7.72. The van der Waals surface area contributed by atoms with Crippen LogP contribution in [0.2, 0.25) is 0 Å². The number of carbonyl (C=O) groups is 1. The van der Waals surface area contributed by atoms with Crippen LogP contribution < -0.4 is 20.1 Å². The highest BCUT2D eigenvalue weighted by Crippen LogP contribution is 2.30. The number of carbonyl (C=O) groups excluding carboxylic acids is 1. The molecule has 0 radical (unpaired) electrons. The highest BCUT2D eigenvalue weighted by atomic mass is 16.6. The topological polar surface area (TPSA) is 59.6 Å². The van der Waals surface area contributed by atoms with Crippen LogP contribution >= 0.6 is 0 Å². The molecule has 2 aliphatic heterocycles. The molecule has 2 heterocycles. The molecule has 0 spiro atoms. The van der Waals surface area contributed by atoms with E-state index in [1.165, 1.54) is 5.56 Å². The van der Waals surface area contributed by atoms with Crippen molar-refractivity contribution in [2.75, 3.05) is 26.3 Å². The molecule has 114 valence electrons. The Balaban J connectivity index is 1.51. The van der Waals surface area contributed by atoms with E-state index in [0.717, 1.165) is 50.3 Å². The lowest BCUT2D eigenvalue weighted by molar-refractivity contribution is -0.122. The van der Waals surface area contributed by atoms with Crippen molar-refractivity contribution in [1.82, 2.24) is 10.6 Å². The van der Waals surface area contributed by atoms with Crippen molar-refractivity contribution < 1.29 is 14.3 Å². The Morgan fingerprint density at radius 2 is 2.05 bits per heavy atom. The Labute approximate surface area is 125 Å². The van der Waals surface area contributed by atoms with Gasteiger partial charge in [-0.05, 0) is 49.9 Å². The lowest BCUT2D eigenvalue weighted by atomic mass is 10.1. The van der Waals surface area contributed by atoms with Crippen LogP contribution in [0.15, 0.2) is 18.2 Å². The van der Waals surface area contributed by atoms with Crippen molar-refractivity contribution in [1.29, 1.82) is 0 Å². The number of nitrogens with one attached hydrogen (secondary N) is 2. The lowest BCUT2D eigenvalue weighted by Crippen LogP contribution is -2.43. The van der Waals surface area contributed by atoms with Crippen LogP contribution in [0, 0.1) is 0 Å². The van der Waals surface area contributed by atoms with E-state index in [1.54, 1.807) is 0 Å². The SMILES string of the molecule is O=C1NCCCCC1NCCc1ccc2c(c1)OCCO2. The van der Waals surface area contributed by atoms with E-state index >= 15 is 0 Å². The molecule has 0 aromatic heterocycles. The summed E-state index contributed by atoms with van der Waals surface area (Å²) >= 11 is 0. The molecule has 1 aromatic rings. The van der Waals surface area contributed by atoms with E-state index in [1.807, 2.05) is 12.1 Å². The largest absolute Gasteiger partial charge is 0.486 e. The van der Waals surface area contributed by atoms with Gasteiger partial charge in [0.2, 0.25) is 5.91 Å². The summed E-state index contributed by atoms with van der Waals surface area (Å²) in [6.45, 7) is 2.82. The third-order valence-electron chi connectivity index (χ3n) is 3.95. The Kier molecular flexibility index (Phi) is 4.60. The van der Waals surface area contributed by atoms with Gasteiger partial charge in [-0.15, -0.1) is 0 Å². The average Bonchev–Trinajstić information content (AvgIpc) is 2.72. The Hall–Kier alpha value is -1.75. The Morgan fingerprint density at radius 1 is 1.19 bits per heavy atom. The zero-order valence-corrected chi connectivity index (χ0v) is 12.2. The van der Waals surface area contributed by atoms with Crippen molar-refractivity contribution in [3.05, 3.63) is 23.8 Å². The molecule has 0 aliphatic carbocycles. The molecule has 1 unspecified atom stereocenters. The highest BCUT2D eigenvalue weighted by molar-refractivity contribution is 5.81. The van der Waals surface area contributed by atoms with Crippen LogP contribution in [0.25, 0.3) is 0 Å². The van der Waals surface area contributed by atoms with E-state index in [9.17, 15) is 4.79 Å². The number of ether oxygens (including phenoxy) is 2. The van der Waals surface area contributed by atoms with Crippen LogP contribution in [0.5, 0.6) is 11.5 Å². The van der Waals surface area contributed by atoms with Crippen molar-refractivity contribution in [3.63, 3.8) is 0 Å². The maximum Gasteiger partial charge on any atom is 0.237 e. The summed E-state index contributed by atoms with van der Waals surface area (Å²) in [4.78, 5) is 11.8. The first-order valence-corrected chi connectivity index (χ1v) is 7.72. The maximum absolute atomic E-state index is 11.8. The van der Waals surface area contributed by atoms with Gasteiger partial charge in [-0.3, -0.25) is 4.79 Å². The molecule has 0 bridgehead atoms. The fraction of sp³-hybridized carbons (Fsp3) is 0.562. The minimum atomic E-state index is -0.0512. The van der Waals surface area contributed by atoms with Gasteiger partial charge < -0.3 is 20.1 Å². The van der Waals surface area contributed by atoms with Crippen LogP contribution in [-0.4, -0.2) is 38.3 Å². The number of amides is 1. The summed E-state index contributed by atoms with van der Waals surface area (Å²) in [7, 11) is 0. The average molecular weight is 290 g/mol. The number of benzene rings is 1. The zero-order chi connectivity index (χ0) is 14.5. The van der Waals surface area contributed by atoms with Gasteiger partial charge in [0.05, 0.1) is 6.04 Å². The van der Waals surface area contributed by atoms with E-state index in [-0.39, 0.29) is 11.9 Å². The van der Waals surface area contributed by atoms with Gasteiger partial charge in [-0.1, -0.05) is 6.07 Å². The van der Waals surface area contributed by atoms with Crippen molar-refractivity contribution >= 4 is 5.91 Å². The Morgan fingerprint density at radius 3 is 2.95 bits per heavy atom. The monoisotopic (exact) mass is 290 g/mol. The first kappa shape index (κ1) is 14.2. The number of fused-ring (bicyclic) bond motifs is 1. The van der Waals surface area contributed by atoms with Crippen LogP contribution in [0.1, 0.15) is 24.8 Å². The molecule has 5 nitrogen and oxygen atoms in total. The third kappa shape index (κ3) is 3.67. The predicted molar refractivity (Wildman–Crippen MR) is 79.8 cm³/mol. The molecule has 1 fully saturated rings. The standard InChI is InChI=1S/C16H22N2O3/c19-16-13(3-1-2-7-18-16)17-8-6-12-4-5-14-15(11-12)21-10-9-20-14/h4-5,11,13,17H,1-3,6-10H2,(H,18,19). The quantitative estimate of drug-likeness (QED) is 0.876. The summed E-state index contributed by atoms with van der Waals surface area (Å²) in [5, 5.41) is 6.30. The third-order valence-corrected chi connectivity index (χ3v) is 3.95. The second-order valence-corrected chi connectivity index (χ2v) is 5.52. The van der Waals surface area contributed by atoms with Gasteiger partial charge in [0, 0.05) is 6.54 Å². The van der Waals surface area contributed by atoms with Gasteiger partial charge in [-0.25, -0.2) is 0 Å². The molecular weight excluding hydrogens is 268 g/mol. The van der Waals surface area contributed by atoms with Crippen LogP contribution in [0.4, 0.5) is 0 Å². The van der Waals surface area contributed by atoms with E-state index in [2.05, 4.69) is 16.7 Å². The van der Waals surface area contributed by atoms with Crippen molar-refractivity contribution in [2.24, 2.45) is 0 Å². The van der Waals surface area contributed by atoms with Crippen molar-refractivity contribution in [3.8, 4) is 11.5 Å². The molecule has 5 heteroatoms. The summed E-state index contributed by atoms with van der Waals surface area (Å²) in [6, 6.07) is 6.00. The summed E-state index contributed by atoms with van der Waals surface area (Å²) in [6.07, 6.45) is 3.97. The molecular formula is C16H22N2O3. The molecule has 0 saturated carbocycles. The fourth-order valence-electron chi connectivity index (χ4n) is 2.77. The smallest absolute Gasteiger partial charge is 0.237 e. The lowest BCUT2D eigenvalue weighted by Gasteiger charge is -2.19. The Bertz CT molecular complexity index is 504. The molecule has 21 heavy (non-hydrogen) atoms. The molecule has 1 atom stereocenters. The molecule has 1 aromatic carbocycles. The zero-order valence-electron chi connectivity index (χ0n) is 12.2. The maximum atomic E-state index is 11.8. The molecule has 2 aliphatic rings. The first-order chi connectivity index (χ1) is 10.3. The van der Waals surface area contributed by atoms with Crippen LogP contribution in [-0.2, 0) is 11.2 Å². The normalized spacial score (nSPS) is 21.5. The predicted octanol–water partition coefficient (Wildman–Crippen LogP) is 1.26. The number of rotatable bonds is 4. The molecule has 1 amide bonds. The van der Waals surface area contributed by atoms with E-state index in [0.29, 0.717) is 13.2 Å². The van der Waals surface area contributed by atoms with E-state index in [4.69, 9.17) is 9.47 Å². The minimum Gasteiger partial charge on any atom is -0.486 e. The second-order valence-electron chi connectivity index (χ2n) is 5.52. The summed E-state index contributed by atoms with van der Waals surface area (Å²) in [5.41, 5.74) is 1.20. The number of hydrogen-bond donors (Lipinski definition) is 2. The summed E-state index contributed by atoms with van der Waals surface area (Å²) < 4.78 is 11.1. The van der Waals surface area contributed by atoms with Gasteiger partial charge in [0.15, 0.2) is 11.5 Å². The number of hydrogen-bond acceptors (Lipinski definition) is 4. The minimum absolute atomic E-state index is 0.0512. The van der Waals surface area contributed by atoms with E-state index < -0.39 is 0 Å². The van der Waals surface area contributed by atoms with Crippen LogP contribution in [0.3, 0.4) is 0 Å². The van der Waals surface area contributed by atoms with Gasteiger partial charge >= 0.3 is 0 Å². The fourth-order valence-corrected chi connectivity index (χ4v) is 2.77. The molecule has 3 rings (SSSR count). The highest BCUT2D eigenvalue weighted by Gasteiger charge is 2.19. The van der Waals surface area contributed by atoms with Gasteiger partial charge in [0.25, 0.3) is 0 Å². The molecule has 1 saturated heterocycles. The summed E-state index contributed by atoms with van der Waals surface area (Å²) in [5.74, 6) is 1.78. The van der Waals surface area contributed by atoms with Crippen molar-refractivity contribution in [2.45, 2.75) is 31.7 Å². The molecule has 2 N–H and O–H groups in total. The van der Waals surface area contributed by atoms with Gasteiger partial charge in [-0.2, -0.15) is 0 Å².